The maximum atomic E-state index is 12.3. The van der Waals surface area contributed by atoms with E-state index in [-0.39, 0.29) is 17.7 Å². The van der Waals surface area contributed by atoms with Gasteiger partial charge in [0.25, 0.3) is 0 Å². The van der Waals surface area contributed by atoms with Crippen LogP contribution in [0, 0.1) is 11.8 Å². The summed E-state index contributed by atoms with van der Waals surface area (Å²) in [6.45, 7) is 0. The second-order valence-electron chi connectivity index (χ2n) is 6.04. The van der Waals surface area contributed by atoms with Crippen molar-refractivity contribution in [3.63, 3.8) is 0 Å². The number of carboxylic acids is 1. The van der Waals surface area contributed by atoms with Gasteiger partial charge >= 0.3 is 5.97 Å². The van der Waals surface area contributed by atoms with Crippen LogP contribution in [0.2, 0.25) is 0 Å². The van der Waals surface area contributed by atoms with Gasteiger partial charge in [0, 0.05) is 12.0 Å². The topological polar surface area (TPSA) is 78.4 Å². The van der Waals surface area contributed by atoms with Crippen LogP contribution in [0.3, 0.4) is 0 Å². The van der Waals surface area contributed by atoms with E-state index in [2.05, 4.69) is 23.0 Å². The van der Waals surface area contributed by atoms with Crippen molar-refractivity contribution in [1.29, 1.82) is 0 Å². The third kappa shape index (κ3) is 2.99. The van der Waals surface area contributed by atoms with E-state index in [0.29, 0.717) is 5.92 Å². The van der Waals surface area contributed by atoms with Crippen molar-refractivity contribution in [2.24, 2.45) is 11.8 Å². The molecule has 4 unspecified atom stereocenters. The van der Waals surface area contributed by atoms with Gasteiger partial charge in [0.2, 0.25) is 0 Å². The Hall–Kier alpha value is -1.72. The normalized spacial score (nSPS) is 32.5. The van der Waals surface area contributed by atoms with Crippen LogP contribution < -0.4 is 10.9 Å². The summed E-state index contributed by atoms with van der Waals surface area (Å²) in [6, 6.07) is 9.22. The minimum atomic E-state index is -1.11. The summed E-state index contributed by atoms with van der Waals surface area (Å²) in [5.74, 6) is -1.01. The van der Waals surface area contributed by atoms with Crippen molar-refractivity contribution < 1.29 is 14.7 Å². The zero-order valence-electron chi connectivity index (χ0n) is 11.8. The predicted molar refractivity (Wildman–Crippen MR) is 77.5 cm³/mol. The molecule has 112 valence electrons. The van der Waals surface area contributed by atoms with E-state index in [9.17, 15) is 9.59 Å². The van der Waals surface area contributed by atoms with Crippen molar-refractivity contribution in [2.75, 3.05) is 0 Å². The van der Waals surface area contributed by atoms with Crippen LogP contribution in [-0.4, -0.2) is 28.9 Å². The molecule has 5 nitrogen and oxygen atoms in total. The molecule has 2 aliphatic rings. The average molecular weight is 288 g/mol. The maximum absolute atomic E-state index is 12.3. The minimum absolute atomic E-state index is 0.0696. The van der Waals surface area contributed by atoms with Crippen molar-refractivity contribution in [1.82, 2.24) is 10.9 Å². The number of aliphatic carboxylic acids is 1. The lowest BCUT2D eigenvalue weighted by Crippen LogP contribution is -2.65. The monoisotopic (exact) mass is 288 g/mol. The van der Waals surface area contributed by atoms with Crippen molar-refractivity contribution >= 4 is 11.8 Å². The van der Waals surface area contributed by atoms with Crippen molar-refractivity contribution in [2.45, 2.75) is 37.8 Å². The van der Waals surface area contributed by atoms with Crippen LogP contribution >= 0.6 is 0 Å². The number of fused-ring (bicyclic) bond motifs is 1. The number of carboxylic acid groups (broad SMARTS) is 1. The molecule has 1 aromatic rings. The van der Waals surface area contributed by atoms with Gasteiger partial charge in [0.1, 0.15) is 0 Å². The number of hydrogen-bond donors (Lipinski definition) is 3. The molecule has 4 atom stereocenters. The highest BCUT2D eigenvalue weighted by molar-refractivity contribution is 6.04. The average Bonchev–Trinajstić information content (AvgIpc) is 2.49. The Morgan fingerprint density at radius 3 is 2.67 bits per heavy atom. The Balaban J connectivity index is 1.67. The first-order valence-electron chi connectivity index (χ1n) is 7.46. The third-order valence-corrected chi connectivity index (χ3v) is 4.64. The van der Waals surface area contributed by atoms with Gasteiger partial charge in [0.05, 0.1) is 0 Å². The molecule has 0 bridgehead atoms. The highest BCUT2D eigenvalue weighted by Gasteiger charge is 2.44. The molecule has 1 aliphatic heterocycles. The van der Waals surface area contributed by atoms with Gasteiger partial charge in [-0.1, -0.05) is 30.3 Å². The molecular formula is C16H20N2O3. The van der Waals surface area contributed by atoms with Gasteiger partial charge in [-0.3, -0.25) is 10.2 Å². The van der Waals surface area contributed by atoms with E-state index in [1.54, 1.807) is 0 Å². The fraction of sp³-hybridized carbons (Fsp3) is 0.500. The van der Waals surface area contributed by atoms with Gasteiger partial charge in [-0.15, -0.1) is 0 Å². The number of Topliss-reactive ketones (excluding diaryl/α,β-unsaturated/α-hetero) is 1. The summed E-state index contributed by atoms with van der Waals surface area (Å²) in [7, 11) is 0. The number of nitrogens with one attached hydrogen (secondary N) is 2. The molecule has 1 aromatic carbocycles. The Morgan fingerprint density at radius 1 is 1.19 bits per heavy atom. The molecule has 0 amide bonds. The maximum Gasteiger partial charge on any atom is 0.329 e. The molecule has 1 heterocycles. The Bertz CT molecular complexity index is 532. The summed E-state index contributed by atoms with van der Waals surface area (Å²) in [5.41, 5.74) is 6.93. The van der Waals surface area contributed by atoms with Gasteiger partial charge < -0.3 is 5.11 Å². The van der Waals surface area contributed by atoms with Gasteiger partial charge in [-0.05, 0) is 37.2 Å². The second-order valence-corrected chi connectivity index (χ2v) is 6.04. The molecule has 5 heteroatoms. The first-order valence-corrected chi connectivity index (χ1v) is 7.46. The summed E-state index contributed by atoms with van der Waals surface area (Å²) in [5, 5.41) is 9.08. The third-order valence-electron chi connectivity index (χ3n) is 4.64. The number of rotatable bonds is 3. The van der Waals surface area contributed by atoms with Crippen molar-refractivity contribution in [3.8, 4) is 0 Å². The zero-order chi connectivity index (χ0) is 14.8. The van der Waals surface area contributed by atoms with E-state index in [0.717, 1.165) is 25.7 Å². The molecule has 3 rings (SSSR count). The molecular weight excluding hydrogens is 268 g/mol. The summed E-state index contributed by atoms with van der Waals surface area (Å²) in [6.07, 6.45) is 3.71. The molecule has 1 aliphatic carbocycles. The van der Waals surface area contributed by atoms with Crippen molar-refractivity contribution in [3.05, 3.63) is 35.9 Å². The fourth-order valence-corrected chi connectivity index (χ4v) is 3.54. The number of carbonyl (C=O) groups is 2. The Kier molecular flexibility index (Phi) is 4.03. The van der Waals surface area contributed by atoms with E-state index in [1.165, 1.54) is 5.56 Å². The summed E-state index contributed by atoms with van der Waals surface area (Å²) < 4.78 is 0. The van der Waals surface area contributed by atoms with Crippen LogP contribution in [-0.2, 0) is 16.0 Å². The first kappa shape index (κ1) is 14.2. The number of benzene rings is 1. The summed E-state index contributed by atoms with van der Waals surface area (Å²) in [4.78, 5) is 23.4. The zero-order valence-corrected chi connectivity index (χ0v) is 11.8. The molecule has 21 heavy (non-hydrogen) atoms. The SMILES string of the molecule is O=C(O)C1NNC2CCC(Cc3ccccc3)CC2C1=O. The standard InChI is InChI=1S/C16H20N2O3/c19-15-12-9-11(8-10-4-2-1-3-5-10)6-7-13(12)17-18-14(15)16(20)21/h1-5,11-14,17-18H,6-9H2,(H,20,21). The molecule has 2 fully saturated rings. The smallest absolute Gasteiger partial charge is 0.329 e. The Labute approximate surface area is 123 Å². The van der Waals surface area contributed by atoms with Crippen LogP contribution in [0.15, 0.2) is 30.3 Å². The second kappa shape index (κ2) is 5.95. The molecule has 0 radical (unpaired) electrons. The lowest BCUT2D eigenvalue weighted by Gasteiger charge is -2.41. The molecule has 1 saturated heterocycles. The van der Waals surface area contributed by atoms with Crippen LogP contribution in [0.25, 0.3) is 0 Å². The predicted octanol–water partition coefficient (Wildman–Crippen LogP) is 1.14. The highest BCUT2D eigenvalue weighted by atomic mass is 16.4. The minimum Gasteiger partial charge on any atom is -0.480 e. The molecule has 0 aromatic heterocycles. The molecule has 1 saturated carbocycles. The van der Waals surface area contributed by atoms with Gasteiger partial charge in [-0.2, -0.15) is 0 Å². The Morgan fingerprint density at radius 2 is 1.95 bits per heavy atom. The van der Waals surface area contributed by atoms with Crippen LogP contribution in [0.4, 0.5) is 0 Å². The molecule has 3 N–H and O–H groups in total. The van der Waals surface area contributed by atoms with E-state index < -0.39 is 12.0 Å². The quantitative estimate of drug-likeness (QED) is 0.727. The van der Waals surface area contributed by atoms with Crippen LogP contribution in [0.1, 0.15) is 24.8 Å². The lowest BCUT2D eigenvalue weighted by molar-refractivity contribution is -0.148. The number of ketones is 1. The lowest BCUT2D eigenvalue weighted by atomic mass is 9.72. The number of hydrazine groups is 1. The number of hydrogen-bond acceptors (Lipinski definition) is 4. The van der Waals surface area contributed by atoms with E-state index >= 15 is 0 Å². The number of carbonyl (C=O) groups excluding carboxylic acids is 1. The first-order chi connectivity index (χ1) is 10.1. The van der Waals surface area contributed by atoms with E-state index in [4.69, 9.17) is 5.11 Å². The largest absolute Gasteiger partial charge is 0.480 e. The molecule has 0 spiro atoms. The van der Waals surface area contributed by atoms with E-state index in [1.807, 2.05) is 18.2 Å². The van der Waals surface area contributed by atoms with Crippen LogP contribution in [0.5, 0.6) is 0 Å². The fourth-order valence-electron chi connectivity index (χ4n) is 3.54. The van der Waals surface area contributed by atoms with Gasteiger partial charge in [-0.25, -0.2) is 10.2 Å². The summed E-state index contributed by atoms with van der Waals surface area (Å²) >= 11 is 0. The van der Waals surface area contributed by atoms with Gasteiger partial charge in [0.15, 0.2) is 11.8 Å². The highest BCUT2D eigenvalue weighted by Crippen LogP contribution is 2.34.